The molecule has 0 saturated heterocycles. The van der Waals surface area contributed by atoms with Crippen LogP contribution >= 0.6 is 23.4 Å². The van der Waals surface area contributed by atoms with Gasteiger partial charge in [0.05, 0.1) is 5.75 Å². The van der Waals surface area contributed by atoms with Gasteiger partial charge in [0.25, 0.3) is 0 Å². The fourth-order valence-electron chi connectivity index (χ4n) is 1.60. The number of anilines is 1. The number of nitrogens with one attached hydrogen (secondary N) is 1. The molecule has 0 bridgehead atoms. The van der Waals surface area contributed by atoms with Gasteiger partial charge in [-0.25, -0.2) is 0 Å². The van der Waals surface area contributed by atoms with Gasteiger partial charge in [-0.2, -0.15) is 11.8 Å². The lowest BCUT2D eigenvalue weighted by Crippen LogP contribution is -2.16. The molecule has 19 heavy (non-hydrogen) atoms. The molecule has 0 saturated carbocycles. The number of halogens is 1. The van der Waals surface area contributed by atoms with Crippen LogP contribution in [-0.4, -0.2) is 43.0 Å². The van der Waals surface area contributed by atoms with Crippen molar-refractivity contribution in [3.8, 4) is 0 Å². The molecule has 106 valence electrons. The second kappa shape index (κ2) is 8.46. The summed E-state index contributed by atoms with van der Waals surface area (Å²) in [5.74, 6) is 1.54. The van der Waals surface area contributed by atoms with Crippen LogP contribution in [-0.2, 0) is 4.79 Å². The molecule has 1 N–H and O–H groups in total. The average Bonchev–Trinajstić information content (AvgIpc) is 2.32. The highest BCUT2D eigenvalue weighted by Crippen LogP contribution is 2.19. The van der Waals surface area contributed by atoms with Crippen molar-refractivity contribution in [2.75, 3.05) is 37.5 Å². The molecule has 3 nitrogen and oxygen atoms in total. The van der Waals surface area contributed by atoms with Crippen molar-refractivity contribution in [3.63, 3.8) is 0 Å². The smallest absolute Gasteiger partial charge is 0.234 e. The SMILES string of the molecule is Cc1cc(Cl)ccc1NC(=O)CSCCCN(C)C. The summed E-state index contributed by atoms with van der Waals surface area (Å²) in [5, 5.41) is 3.60. The lowest BCUT2D eigenvalue weighted by Gasteiger charge is -2.10. The highest BCUT2D eigenvalue weighted by atomic mass is 35.5. The first-order chi connectivity index (χ1) is 8.99. The van der Waals surface area contributed by atoms with Crippen molar-refractivity contribution < 1.29 is 4.79 Å². The minimum Gasteiger partial charge on any atom is -0.325 e. The maximum absolute atomic E-state index is 11.8. The van der Waals surface area contributed by atoms with Gasteiger partial charge in [0.1, 0.15) is 0 Å². The number of amides is 1. The molecule has 1 aromatic carbocycles. The summed E-state index contributed by atoms with van der Waals surface area (Å²) in [4.78, 5) is 13.9. The molecule has 5 heteroatoms. The maximum Gasteiger partial charge on any atom is 0.234 e. The van der Waals surface area contributed by atoms with Crippen LogP contribution in [0.3, 0.4) is 0 Å². The monoisotopic (exact) mass is 300 g/mol. The van der Waals surface area contributed by atoms with E-state index in [-0.39, 0.29) is 5.91 Å². The fourth-order valence-corrected chi connectivity index (χ4v) is 2.56. The second-order valence-electron chi connectivity index (χ2n) is 4.72. The highest BCUT2D eigenvalue weighted by molar-refractivity contribution is 7.99. The number of hydrogen-bond acceptors (Lipinski definition) is 3. The average molecular weight is 301 g/mol. The predicted octanol–water partition coefficient (Wildman–Crippen LogP) is 3.27. The molecule has 0 fully saturated rings. The van der Waals surface area contributed by atoms with Crippen molar-refractivity contribution in [2.24, 2.45) is 0 Å². The van der Waals surface area contributed by atoms with Crippen molar-refractivity contribution in [2.45, 2.75) is 13.3 Å². The zero-order chi connectivity index (χ0) is 14.3. The highest BCUT2D eigenvalue weighted by Gasteiger charge is 2.05. The van der Waals surface area contributed by atoms with E-state index in [1.54, 1.807) is 17.8 Å². The number of benzene rings is 1. The normalized spacial score (nSPS) is 10.8. The molecule has 0 atom stereocenters. The predicted molar refractivity (Wildman–Crippen MR) is 85.3 cm³/mol. The van der Waals surface area contributed by atoms with Gasteiger partial charge in [0.15, 0.2) is 0 Å². The van der Waals surface area contributed by atoms with Gasteiger partial charge in [-0.05, 0) is 63.5 Å². The number of carbonyl (C=O) groups is 1. The summed E-state index contributed by atoms with van der Waals surface area (Å²) in [7, 11) is 4.11. The molecular formula is C14H21ClN2OS. The minimum atomic E-state index is 0.0419. The van der Waals surface area contributed by atoms with Crippen molar-refractivity contribution in [3.05, 3.63) is 28.8 Å². The van der Waals surface area contributed by atoms with E-state index in [1.165, 1.54) is 0 Å². The lowest BCUT2D eigenvalue weighted by atomic mass is 10.2. The van der Waals surface area contributed by atoms with Gasteiger partial charge < -0.3 is 10.2 Å². The second-order valence-corrected chi connectivity index (χ2v) is 6.26. The largest absolute Gasteiger partial charge is 0.325 e. The fraction of sp³-hybridized carbons (Fsp3) is 0.500. The van der Waals surface area contributed by atoms with Gasteiger partial charge in [-0.1, -0.05) is 11.6 Å². The van der Waals surface area contributed by atoms with Gasteiger partial charge in [0, 0.05) is 10.7 Å². The minimum absolute atomic E-state index is 0.0419. The van der Waals surface area contributed by atoms with Crippen molar-refractivity contribution in [1.29, 1.82) is 0 Å². The molecule has 0 aliphatic rings. The summed E-state index contributed by atoms with van der Waals surface area (Å²) in [5.41, 5.74) is 1.82. The third kappa shape index (κ3) is 6.85. The van der Waals surface area contributed by atoms with E-state index in [9.17, 15) is 4.79 Å². The molecule has 0 spiro atoms. The molecule has 0 aliphatic heterocycles. The van der Waals surface area contributed by atoms with Crippen LogP contribution in [0.1, 0.15) is 12.0 Å². The molecule has 0 radical (unpaired) electrons. The molecule has 0 aromatic heterocycles. The van der Waals surface area contributed by atoms with Crippen LogP contribution in [0.5, 0.6) is 0 Å². The van der Waals surface area contributed by atoms with Gasteiger partial charge in [-0.15, -0.1) is 0 Å². The van der Waals surface area contributed by atoms with Crippen molar-refractivity contribution >= 4 is 35.0 Å². The number of nitrogens with zero attached hydrogens (tertiary/aromatic N) is 1. The molecule has 1 aromatic rings. The molecule has 1 amide bonds. The van der Waals surface area contributed by atoms with E-state index >= 15 is 0 Å². The van der Waals surface area contributed by atoms with E-state index in [0.29, 0.717) is 10.8 Å². The Hall–Kier alpha value is -0.710. The zero-order valence-corrected chi connectivity index (χ0v) is 13.3. The van der Waals surface area contributed by atoms with Crippen molar-refractivity contribution in [1.82, 2.24) is 4.90 Å². The standard InChI is InChI=1S/C14H21ClN2OS/c1-11-9-12(15)5-6-13(11)16-14(18)10-19-8-4-7-17(2)3/h5-6,9H,4,7-8,10H2,1-3H3,(H,16,18). The third-order valence-electron chi connectivity index (χ3n) is 2.59. The van der Waals surface area contributed by atoms with Crippen LogP contribution in [0, 0.1) is 6.92 Å². The molecular weight excluding hydrogens is 280 g/mol. The first kappa shape index (κ1) is 16.3. The first-order valence-electron chi connectivity index (χ1n) is 6.27. The van der Waals surface area contributed by atoms with Crippen LogP contribution in [0.4, 0.5) is 5.69 Å². The molecule has 0 aliphatic carbocycles. The summed E-state index contributed by atoms with van der Waals surface area (Å²) >= 11 is 7.54. The Balaban J connectivity index is 2.27. The summed E-state index contributed by atoms with van der Waals surface area (Å²) in [6, 6.07) is 5.47. The third-order valence-corrected chi connectivity index (χ3v) is 3.87. The Morgan fingerprint density at radius 2 is 2.16 bits per heavy atom. The molecule has 0 unspecified atom stereocenters. The summed E-state index contributed by atoms with van der Waals surface area (Å²) < 4.78 is 0. The maximum atomic E-state index is 11.8. The van der Waals surface area contributed by atoms with Crippen LogP contribution < -0.4 is 5.32 Å². The van der Waals surface area contributed by atoms with E-state index in [1.807, 2.05) is 19.1 Å². The Bertz CT molecular complexity index is 424. The van der Waals surface area contributed by atoms with Gasteiger partial charge in [-0.3, -0.25) is 4.79 Å². The number of hydrogen-bond donors (Lipinski definition) is 1. The number of thioether (sulfide) groups is 1. The van der Waals surface area contributed by atoms with E-state index in [2.05, 4.69) is 24.3 Å². The van der Waals surface area contributed by atoms with E-state index in [0.717, 1.165) is 30.0 Å². The Kier molecular flexibility index (Phi) is 7.28. The Morgan fingerprint density at radius 1 is 1.42 bits per heavy atom. The van der Waals surface area contributed by atoms with Crippen LogP contribution in [0.25, 0.3) is 0 Å². The first-order valence-corrected chi connectivity index (χ1v) is 7.81. The molecule has 1 rings (SSSR count). The quantitative estimate of drug-likeness (QED) is 0.784. The van der Waals surface area contributed by atoms with E-state index < -0.39 is 0 Å². The Morgan fingerprint density at radius 3 is 2.79 bits per heavy atom. The molecule has 0 heterocycles. The number of carbonyl (C=O) groups excluding carboxylic acids is 1. The zero-order valence-electron chi connectivity index (χ0n) is 11.7. The van der Waals surface area contributed by atoms with Gasteiger partial charge in [0.2, 0.25) is 5.91 Å². The van der Waals surface area contributed by atoms with Gasteiger partial charge >= 0.3 is 0 Å². The van der Waals surface area contributed by atoms with E-state index in [4.69, 9.17) is 11.6 Å². The Labute approximate surface area is 124 Å². The number of rotatable bonds is 7. The summed E-state index contributed by atoms with van der Waals surface area (Å²) in [6.07, 6.45) is 1.10. The topological polar surface area (TPSA) is 32.3 Å². The lowest BCUT2D eigenvalue weighted by molar-refractivity contribution is -0.113. The van der Waals surface area contributed by atoms with Crippen LogP contribution in [0.15, 0.2) is 18.2 Å². The summed E-state index contributed by atoms with van der Waals surface area (Å²) in [6.45, 7) is 3.00. The number of aryl methyl sites for hydroxylation is 1. The van der Waals surface area contributed by atoms with Crippen LogP contribution in [0.2, 0.25) is 5.02 Å².